The Morgan fingerprint density at radius 1 is 1.22 bits per heavy atom. The fourth-order valence-electron chi connectivity index (χ4n) is 2.64. The van der Waals surface area contributed by atoms with Crippen LogP contribution >= 0.6 is 0 Å². The Morgan fingerprint density at radius 3 is 2.52 bits per heavy atom. The van der Waals surface area contributed by atoms with Crippen molar-refractivity contribution in [3.63, 3.8) is 0 Å². The lowest BCUT2D eigenvalue weighted by molar-refractivity contribution is -0.121. The van der Waals surface area contributed by atoms with Gasteiger partial charge in [0.1, 0.15) is 5.76 Å². The summed E-state index contributed by atoms with van der Waals surface area (Å²) in [4.78, 5) is 28.0. The molecule has 1 aromatic rings. The first-order chi connectivity index (χ1) is 11.0. The number of piperazine rings is 1. The first kappa shape index (κ1) is 17.5. The number of hydrogen-bond acceptors (Lipinski definition) is 5. The minimum Gasteiger partial charge on any atom is -0.467 e. The molecule has 0 saturated carbocycles. The smallest absolute Gasteiger partial charge is 0.321 e. The average molecular weight is 322 g/mol. The number of carbonyl (C=O) groups excluding carboxylic acids is 2. The van der Waals surface area contributed by atoms with Crippen LogP contribution < -0.4 is 10.6 Å². The van der Waals surface area contributed by atoms with Gasteiger partial charge in [0.15, 0.2) is 0 Å². The molecule has 7 nitrogen and oxygen atoms in total. The summed E-state index contributed by atoms with van der Waals surface area (Å²) in [5.74, 6) is 1.02. The molecular weight excluding hydrogens is 296 g/mol. The van der Waals surface area contributed by atoms with E-state index in [-0.39, 0.29) is 19.0 Å². The van der Waals surface area contributed by atoms with Gasteiger partial charge in [0.25, 0.3) is 0 Å². The SMILES string of the molecule is CC(C)CN1CCN(CC(=O)NC(=O)NCc2ccco2)CC1. The highest BCUT2D eigenvalue weighted by atomic mass is 16.3. The van der Waals surface area contributed by atoms with E-state index in [1.165, 1.54) is 0 Å². The molecule has 3 amide bonds. The lowest BCUT2D eigenvalue weighted by Crippen LogP contribution is -2.51. The van der Waals surface area contributed by atoms with Crippen LogP contribution in [0.4, 0.5) is 4.79 Å². The Bertz CT molecular complexity index is 493. The van der Waals surface area contributed by atoms with Gasteiger partial charge in [-0.15, -0.1) is 0 Å². The molecule has 0 radical (unpaired) electrons. The van der Waals surface area contributed by atoms with E-state index in [4.69, 9.17) is 4.42 Å². The Kier molecular flexibility index (Phi) is 6.61. The molecule has 2 rings (SSSR count). The highest BCUT2D eigenvalue weighted by molar-refractivity contribution is 5.95. The number of hydrogen-bond donors (Lipinski definition) is 2. The van der Waals surface area contributed by atoms with Gasteiger partial charge in [-0.3, -0.25) is 15.0 Å². The van der Waals surface area contributed by atoms with Gasteiger partial charge >= 0.3 is 6.03 Å². The molecule has 0 unspecified atom stereocenters. The summed E-state index contributed by atoms with van der Waals surface area (Å²) in [7, 11) is 0. The molecule has 0 bridgehead atoms. The van der Waals surface area contributed by atoms with Gasteiger partial charge in [-0.2, -0.15) is 0 Å². The number of carbonyl (C=O) groups is 2. The summed E-state index contributed by atoms with van der Waals surface area (Å²) in [6.07, 6.45) is 1.54. The van der Waals surface area contributed by atoms with Gasteiger partial charge in [-0.1, -0.05) is 13.8 Å². The van der Waals surface area contributed by atoms with Crippen LogP contribution in [0, 0.1) is 5.92 Å². The third-order valence-corrected chi connectivity index (χ3v) is 3.71. The zero-order chi connectivity index (χ0) is 16.7. The summed E-state index contributed by atoms with van der Waals surface area (Å²) in [5, 5.41) is 4.94. The largest absolute Gasteiger partial charge is 0.467 e. The van der Waals surface area contributed by atoms with Crippen LogP contribution in [0.1, 0.15) is 19.6 Å². The maximum absolute atomic E-state index is 11.9. The van der Waals surface area contributed by atoms with Crippen molar-refractivity contribution in [3.05, 3.63) is 24.2 Å². The molecule has 0 aliphatic carbocycles. The van der Waals surface area contributed by atoms with Crippen molar-refractivity contribution in [1.82, 2.24) is 20.4 Å². The quantitative estimate of drug-likeness (QED) is 0.813. The second kappa shape index (κ2) is 8.69. The standard InChI is InChI=1S/C16H26N4O3/c1-13(2)11-19-5-7-20(8-6-19)12-15(21)18-16(22)17-10-14-4-3-9-23-14/h3-4,9,13H,5-8,10-12H2,1-2H3,(H2,17,18,21,22). The second-order valence-corrected chi connectivity index (χ2v) is 6.28. The van der Waals surface area contributed by atoms with Crippen molar-refractivity contribution in [2.75, 3.05) is 39.3 Å². The molecule has 1 aliphatic heterocycles. The van der Waals surface area contributed by atoms with Crippen molar-refractivity contribution >= 4 is 11.9 Å². The van der Waals surface area contributed by atoms with E-state index >= 15 is 0 Å². The predicted octanol–water partition coefficient (Wildman–Crippen LogP) is 0.879. The summed E-state index contributed by atoms with van der Waals surface area (Å²) >= 11 is 0. The van der Waals surface area contributed by atoms with Crippen molar-refractivity contribution in [3.8, 4) is 0 Å². The predicted molar refractivity (Wildman–Crippen MR) is 86.8 cm³/mol. The number of nitrogens with one attached hydrogen (secondary N) is 2. The zero-order valence-corrected chi connectivity index (χ0v) is 13.9. The third kappa shape index (κ3) is 6.42. The van der Waals surface area contributed by atoms with E-state index < -0.39 is 6.03 Å². The van der Waals surface area contributed by atoms with E-state index in [2.05, 4.69) is 34.3 Å². The highest BCUT2D eigenvalue weighted by Crippen LogP contribution is 2.04. The lowest BCUT2D eigenvalue weighted by Gasteiger charge is -2.35. The van der Waals surface area contributed by atoms with E-state index in [0.717, 1.165) is 32.7 Å². The molecule has 0 spiro atoms. The van der Waals surface area contributed by atoms with Crippen molar-refractivity contribution < 1.29 is 14.0 Å². The fraction of sp³-hybridized carbons (Fsp3) is 0.625. The Labute approximate surface area is 137 Å². The van der Waals surface area contributed by atoms with E-state index in [9.17, 15) is 9.59 Å². The number of rotatable bonds is 6. The lowest BCUT2D eigenvalue weighted by atomic mass is 10.2. The first-order valence-corrected chi connectivity index (χ1v) is 8.07. The molecule has 7 heteroatoms. The zero-order valence-electron chi connectivity index (χ0n) is 13.9. The van der Waals surface area contributed by atoms with Crippen LogP contribution in [0.2, 0.25) is 0 Å². The van der Waals surface area contributed by atoms with Crippen LogP contribution in [0.3, 0.4) is 0 Å². The number of urea groups is 1. The average Bonchev–Trinajstić information content (AvgIpc) is 3.00. The summed E-state index contributed by atoms with van der Waals surface area (Å²) in [6.45, 7) is 9.68. The monoisotopic (exact) mass is 322 g/mol. The number of nitrogens with zero attached hydrogens (tertiary/aromatic N) is 2. The van der Waals surface area contributed by atoms with Gasteiger partial charge in [0.2, 0.25) is 5.91 Å². The molecule has 2 heterocycles. The van der Waals surface area contributed by atoms with Gasteiger partial charge in [-0.25, -0.2) is 4.79 Å². The minimum atomic E-state index is -0.496. The fourth-order valence-corrected chi connectivity index (χ4v) is 2.64. The molecule has 0 aromatic carbocycles. The summed E-state index contributed by atoms with van der Waals surface area (Å²) < 4.78 is 5.11. The molecule has 128 valence electrons. The van der Waals surface area contributed by atoms with Gasteiger partial charge < -0.3 is 14.6 Å². The maximum atomic E-state index is 11.9. The third-order valence-electron chi connectivity index (χ3n) is 3.71. The molecule has 23 heavy (non-hydrogen) atoms. The molecule has 2 N–H and O–H groups in total. The van der Waals surface area contributed by atoms with Crippen molar-refractivity contribution in [1.29, 1.82) is 0 Å². The Balaban J connectivity index is 1.62. The molecule has 1 saturated heterocycles. The van der Waals surface area contributed by atoms with Crippen LogP contribution in [-0.4, -0.2) is 61.0 Å². The normalized spacial score (nSPS) is 16.5. The van der Waals surface area contributed by atoms with Gasteiger partial charge in [-0.05, 0) is 18.1 Å². The van der Waals surface area contributed by atoms with E-state index in [1.54, 1.807) is 18.4 Å². The molecular formula is C16H26N4O3. The van der Waals surface area contributed by atoms with Crippen molar-refractivity contribution in [2.24, 2.45) is 5.92 Å². The van der Waals surface area contributed by atoms with Crippen LogP contribution in [0.15, 0.2) is 22.8 Å². The maximum Gasteiger partial charge on any atom is 0.321 e. The number of amides is 3. The molecule has 1 fully saturated rings. The van der Waals surface area contributed by atoms with Crippen LogP contribution in [0.25, 0.3) is 0 Å². The number of furan rings is 1. The van der Waals surface area contributed by atoms with Gasteiger partial charge in [0, 0.05) is 32.7 Å². The van der Waals surface area contributed by atoms with Crippen LogP contribution in [-0.2, 0) is 11.3 Å². The van der Waals surface area contributed by atoms with E-state index in [1.807, 2.05) is 0 Å². The van der Waals surface area contributed by atoms with Crippen molar-refractivity contribution in [2.45, 2.75) is 20.4 Å². The molecule has 1 aromatic heterocycles. The molecule has 1 aliphatic rings. The van der Waals surface area contributed by atoms with Gasteiger partial charge in [0.05, 0.1) is 19.4 Å². The first-order valence-electron chi connectivity index (χ1n) is 8.07. The highest BCUT2D eigenvalue weighted by Gasteiger charge is 2.20. The van der Waals surface area contributed by atoms with Crippen LogP contribution in [0.5, 0.6) is 0 Å². The number of imide groups is 1. The van der Waals surface area contributed by atoms with E-state index in [0.29, 0.717) is 11.7 Å². The minimum absolute atomic E-state index is 0.254. The summed E-state index contributed by atoms with van der Waals surface area (Å²) in [5.41, 5.74) is 0. The second-order valence-electron chi connectivity index (χ2n) is 6.28. The Hall–Kier alpha value is -1.86. The summed E-state index contributed by atoms with van der Waals surface area (Å²) in [6, 6.07) is 3.02. The topological polar surface area (TPSA) is 77.8 Å². The molecule has 0 atom stereocenters. The Morgan fingerprint density at radius 2 is 1.91 bits per heavy atom.